The first-order valence-electron chi connectivity index (χ1n) is 8.45. The van der Waals surface area contributed by atoms with E-state index in [1.807, 2.05) is 0 Å². The summed E-state index contributed by atoms with van der Waals surface area (Å²) < 4.78 is 43.5. The van der Waals surface area contributed by atoms with Crippen LogP contribution in [0.5, 0.6) is 5.75 Å². The molecular formula is C19H18FN3O5S2. The van der Waals surface area contributed by atoms with E-state index in [0.717, 1.165) is 11.3 Å². The molecule has 2 amide bonds. The molecule has 1 heterocycles. The van der Waals surface area contributed by atoms with Gasteiger partial charge in [0.2, 0.25) is 10.0 Å². The molecular weight excluding hydrogens is 433 g/mol. The molecule has 0 fully saturated rings. The number of hydroxylamine groups is 2. The summed E-state index contributed by atoms with van der Waals surface area (Å²) in [6, 6.07) is 9.27. The van der Waals surface area contributed by atoms with Crippen molar-refractivity contribution in [3.63, 3.8) is 0 Å². The standard InChI is InChI=1S/C19H18FN3O5S2/c1-28-15-7-6-11(8-14(15)20)18-13(10-29-16(18)9-23(25)19(21)24)12-4-2-3-5-17(12)30(22,26)27/h2-8,10,25H,9H2,1H3,(H2,21,24)(H2,22,26,27). The third-order valence-corrected chi connectivity index (χ3v) is 6.28. The van der Waals surface area contributed by atoms with Crippen LogP contribution in [0.2, 0.25) is 0 Å². The van der Waals surface area contributed by atoms with Crippen LogP contribution in [0.4, 0.5) is 9.18 Å². The Balaban J connectivity index is 2.27. The van der Waals surface area contributed by atoms with Crippen LogP contribution in [0.1, 0.15) is 4.88 Å². The lowest BCUT2D eigenvalue weighted by Crippen LogP contribution is -2.31. The number of ether oxygens (including phenoxy) is 1. The van der Waals surface area contributed by atoms with Gasteiger partial charge in [0.1, 0.15) is 0 Å². The smallest absolute Gasteiger partial charge is 0.338 e. The molecule has 2 aromatic carbocycles. The average Bonchev–Trinajstić information content (AvgIpc) is 3.10. The predicted octanol–water partition coefficient (Wildman–Crippen LogP) is 3.15. The molecule has 0 unspecified atom stereocenters. The van der Waals surface area contributed by atoms with Gasteiger partial charge in [-0.05, 0) is 29.1 Å². The third-order valence-electron chi connectivity index (χ3n) is 4.34. The number of hydrogen-bond acceptors (Lipinski definition) is 6. The minimum atomic E-state index is -4.05. The van der Waals surface area contributed by atoms with Crippen molar-refractivity contribution in [1.29, 1.82) is 0 Å². The minimum Gasteiger partial charge on any atom is -0.494 e. The number of halogens is 1. The molecule has 0 aliphatic heterocycles. The van der Waals surface area contributed by atoms with Gasteiger partial charge in [0.15, 0.2) is 11.6 Å². The molecule has 3 rings (SSSR count). The lowest BCUT2D eigenvalue weighted by atomic mass is 9.96. The topological polar surface area (TPSA) is 136 Å². The Morgan fingerprint density at radius 3 is 2.53 bits per heavy atom. The highest BCUT2D eigenvalue weighted by atomic mass is 32.2. The highest BCUT2D eigenvalue weighted by Crippen LogP contribution is 2.42. The van der Waals surface area contributed by atoms with E-state index in [1.165, 1.54) is 31.4 Å². The van der Waals surface area contributed by atoms with Crippen LogP contribution in [-0.2, 0) is 16.6 Å². The van der Waals surface area contributed by atoms with Gasteiger partial charge >= 0.3 is 6.03 Å². The number of primary sulfonamides is 1. The van der Waals surface area contributed by atoms with Gasteiger partial charge < -0.3 is 10.5 Å². The van der Waals surface area contributed by atoms with E-state index in [0.29, 0.717) is 32.2 Å². The molecule has 0 bridgehead atoms. The maximum Gasteiger partial charge on any atom is 0.338 e. The molecule has 0 radical (unpaired) electrons. The Kier molecular flexibility index (Phi) is 6.08. The molecule has 30 heavy (non-hydrogen) atoms. The van der Waals surface area contributed by atoms with Crippen LogP contribution in [-0.4, -0.2) is 31.8 Å². The van der Waals surface area contributed by atoms with Gasteiger partial charge in [0, 0.05) is 21.6 Å². The van der Waals surface area contributed by atoms with Crippen LogP contribution >= 0.6 is 11.3 Å². The Morgan fingerprint density at radius 2 is 1.93 bits per heavy atom. The Labute approximate surface area is 176 Å². The van der Waals surface area contributed by atoms with Crippen molar-refractivity contribution in [1.82, 2.24) is 5.06 Å². The van der Waals surface area contributed by atoms with Crippen LogP contribution < -0.4 is 15.6 Å². The van der Waals surface area contributed by atoms with Crippen LogP contribution in [0, 0.1) is 5.82 Å². The molecule has 0 atom stereocenters. The van der Waals surface area contributed by atoms with Crippen molar-refractivity contribution in [2.24, 2.45) is 10.9 Å². The van der Waals surface area contributed by atoms with E-state index < -0.39 is 21.9 Å². The van der Waals surface area contributed by atoms with E-state index in [-0.39, 0.29) is 17.2 Å². The zero-order chi connectivity index (χ0) is 22.1. The summed E-state index contributed by atoms with van der Waals surface area (Å²) in [5.74, 6) is -0.600. The summed E-state index contributed by atoms with van der Waals surface area (Å²) in [7, 11) is -2.72. The monoisotopic (exact) mass is 451 g/mol. The zero-order valence-electron chi connectivity index (χ0n) is 15.7. The second-order valence-electron chi connectivity index (χ2n) is 6.23. The van der Waals surface area contributed by atoms with Gasteiger partial charge in [0.25, 0.3) is 0 Å². The predicted molar refractivity (Wildman–Crippen MR) is 110 cm³/mol. The maximum atomic E-state index is 14.4. The average molecular weight is 452 g/mol. The molecule has 1 aromatic heterocycles. The van der Waals surface area contributed by atoms with Crippen LogP contribution in [0.25, 0.3) is 22.3 Å². The second-order valence-corrected chi connectivity index (χ2v) is 8.73. The molecule has 0 saturated carbocycles. The van der Waals surface area contributed by atoms with Crippen molar-refractivity contribution in [3.05, 3.63) is 58.5 Å². The van der Waals surface area contributed by atoms with E-state index in [2.05, 4.69) is 0 Å². The molecule has 3 aromatic rings. The van der Waals surface area contributed by atoms with Crippen LogP contribution in [0.3, 0.4) is 0 Å². The van der Waals surface area contributed by atoms with Crippen molar-refractivity contribution >= 4 is 27.4 Å². The number of nitrogens with zero attached hydrogens (tertiary/aromatic N) is 1. The van der Waals surface area contributed by atoms with Crippen molar-refractivity contribution in [3.8, 4) is 28.0 Å². The molecule has 5 N–H and O–H groups in total. The van der Waals surface area contributed by atoms with E-state index >= 15 is 0 Å². The largest absolute Gasteiger partial charge is 0.494 e. The summed E-state index contributed by atoms with van der Waals surface area (Å²) in [5.41, 5.74) is 6.67. The number of carbonyl (C=O) groups excluding carboxylic acids is 1. The highest BCUT2D eigenvalue weighted by molar-refractivity contribution is 7.89. The number of rotatable bonds is 6. The van der Waals surface area contributed by atoms with E-state index in [9.17, 15) is 22.8 Å². The number of thiophene rings is 1. The highest BCUT2D eigenvalue weighted by Gasteiger charge is 2.23. The SMILES string of the molecule is COc1ccc(-c2c(-c3ccccc3S(N)(=O)=O)csc2CN(O)C(N)=O)cc1F. The molecule has 11 heteroatoms. The van der Waals surface area contributed by atoms with Gasteiger partial charge in [-0.3, -0.25) is 5.21 Å². The number of benzene rings is 2. The maximum absolute atomic E-state index is 14.4. The molecule has 0 saturated heterocycles. The van der Waals surface area contributed by atoms with Gasteiger partial charge in [-0.25, -0.2) is 27.8 Å². The first-order chi connectivity index (χ1) is 14.1. The molecule has 0 spiro atoms. The number of sulfonamides is 1. The Hall–Kier alpha value is -2.99. The summed E-state index contributed by atoms with van der Waals surface area (Å²) in [6.07, 6.45) is 0. The van der Waals surface area contributed by atoms with Gasteiger partial charge in [-0.2, -0.15) is 0 Å². The molecule has 0 aliphatic rings. The summed E-state index contributed by atoms with van der Waals surface area (Å²) in [4.78, 5) is 11.6. The number of nitrogens with two attached hydrogens (primary N) is 2. The summed E-state index contributed by atoms with van der Waals surface area (Å²) in [6.45, 7) is -0.277. The van der Waals surface area contributed by atoms with Crippen molar-refractivity contribution in [2.75, 3.05) is 7.11 Å². The number of methoxy groups -OCH3 is 1. The Bertz CT molecular complexity index is 1210. The van der Waals surface area contributed by atoms with Crippen molar-refractivity contribution < 1.29 is 27.5 Å². The minimum absolute atomic E-state index is 0.0305. The van der Waals surface area contributed by atoms with Crippen molar-refractivity contribution in [2.45, 2.75) is 11.4 Å². The van der Waals surface area contributed by atoms with E-state index in [1.54, 1.807) is 23.6 Å². The normalized spacial score (nSPS) is 11.3. The van der Waals surface area contributed by atoms with Crippen LogP contribution in [0.15, 0.2) is 52.7 Å². The lowest BCUT2D eigenvalue weighted by Gasteiger charge is -2.15. The fraction of sp³-hybridized carbons (Fsp3) is 0.105. The van der Waals surface area contributed by atoms with E-state index in [4.69, 9.17) is 15.6 Å². The second kappa shape index (κ2) is 8.40. The van der Waals surface area contributed by atoms with Gasteiger partial charge in [0.05, 0.1) is 18.6 Å². The quantitative estimate of drug-likeness (QED) is 0.391. The fourth-order valence-electron chi connectivity index (χ4n) is 3.00. The zero-order valence-corrected chi connectivity index (χ0v) is 17.3. The van der Waals surface area contributed by atoms with Gasteiger partial charge in [-0.15, -0.1) is 11.3 Å². The molecule has 8 nitrogen and oxygen atoms in total. The lowest BCUT2D eigenvalue weighted by molar-refractivity contribution is -0.0461. The first-order valence-corrected chi connectivity index (χ1v) is 10.9. The van der Waals surface area contributed by atoms with Gasteiger partial charge in [-0.1, -0.05) is 24.3 Å². The first kappa shape index (κ1) is 21.7. The summed E-state index contributed by atoms with van der Waals surface area (Å²) in [5, 5.41) is 17.1. The number of hydrogen-bond donors (Lipinski definition) is 3. The number of carbonyl (C=O) groups is 1. The Morgan fingerprint density at radius 1 is 1.23 bits per heavy atom. The molecule has 158 valence electrons. The number of primary amides is 1. The number of urea groups is 1. The summed E-state index contributed by atoms with van der Waals surface area (Å²) >= 11 is 1.15. The number of amides is 2. The third kappa shape index (κ3) is 4.28. The molecule has 0 aliphatic carbocycles. The fourth-order valence-corrected chi connectivity index (χ4v) is 4.80.